The van der Waals surface area contributed by atoms with Crippen LogP contribution in [-0.4, -0.2) is 34.1 Å². The van der Waals surface area contributed by atoms with Gasteiger partial charge in [0.05, 0.1) is 16.9 Å². The second-order valence-corrected chi connectivity index (χ2v) is 6.54. The molecule has 5 heteroatoms. The Morgan fingerprint density at radius 2 is 2.30 bits per heavy atom. The third-order valence-electron chi connectivity index (χ3n) is 4.14. The van der Waals surface area contributed by atoms with Gasteiger partial charge in [-0.1, -0.05) is 22.9 Å². The lowest BCUT2D eigenvalue weighted by atomic mass is 10.1. The maximum atomic E-state index is 6.12. The van der Waals surface area contributed by atoms with Gasteiger partial charge in [-0.05, 0) is 44.1 Å². The summed E-state index contributed by atoms with van der Waals surface area (Å²) in [7, 11) is 0. The fraction of sp³-hybridized carbons (Fsp3) is 0.533. The number of aromatic nitrogens is 2. The van der Waals surface area contributed by atoms with E-state index in [1.54, 1.807) is 0 Å². The molecule has 0 aliphatic carbocycles. The van der Waals surface area contributed by atoms with E-state index >= 15 is 0 Å². The number of likely N-dealkylation sites (N-methyl/N-ethyl adjacent to an activating group) is 1. The number of halogens is 2. The molecule has 1 fully saturated rings. The number of alkyl halides is 1. The summed E-state index contributed by atoms with van der Waals surface area (Å²) in [5.41, 5.74) is 2.23. The molecule has 1 aliphatic rings. The van der Waals surface area contributed by atoms with Crippen LogP contribution in [0.3, 0.4) is 0 Å². The van der Waals surface area contributed by atoms with E-state index in [1.165, 1.54) is 24.9 Å². The number of likely N-dealkylation sites (tertiary alicyclic amines) is 1. The van der Waals surface area contributed by atoms with E-state index < -0.39 is 0 Å². The smallest absolute Gasteiger partial charge is 0.125 e. The molecule has 1 aliphatic heterocycles. The zero-order valence-electron chi connectivity index (χ0n) is 11.6. The third kappa shape index (κ3) is 2.61. The van der Waals surface area contributed by atoms with Crippen LogP contribution >= 0.6 is 27.5 Å². The average molecular weight is 357 g/mol. The van der Waals surface area contributed by atoms with Gasteiger partial charge in [0, 0.05) is 17.1 Å². The molecular formula is C15H19BrClN3. The Bertz CT molecular complexity index is 610. The van der Waals surface area contributed by atoms with Gasteiger partial charge in [0.25, 0.3) is 0 Å². The maximum absolute atomic E-state index is 6.12. The Kier molecular flexibility index (Phi) is 4.34. The van der Waals surface area contributed by atoms with Crippen LogP contribution in [0, 0.1) is 0 Å². The van der Waals surface area contributed by atoms with Crippen molar-refractivity contribution in [3.05, 3.63) is 28.5 Å². The monoisotopic (exact) mass is 355 g/mol. The molecule has 1 atom stereocenters. The molecule has 0 amide bonds. The number of imidazole rings is 1. The van der Waals surface area contributed by atoms with Crippen LogP contribution in [0.2, 0.25) is 0 Å². The zero-order valence-corrected chi connectivity index (χ0v) is 14.0. The van der Waals surface area contributed by atoms with E-state index in [2.05, 4.69) is 50.5 Å². The van der Waals surface area contributed by atoms with E-state index in [1.807, 2.05) is 0 Å². The Morgan fingerprint density at radius 3 is 3.05 bits per heavy atom. The molecule has 1 aromatic heterocycles. The Morgan fingerprint density at radius 1 is 1.45 bits per heavy atom. The first-order chi connectivity index (χ1) is 9.72. The predicted octanol–water partition coefficient (Wildman–Crippen LogP) is 4.19. The minimum Gasteiger partial charge on any atom is -0.323 e. The molecule has 1 unspecified atom stereocenters. The number of fused-ring (bicyclic) bond motifs is 1. The van der Waals surface area contributed by atoms with Crippen molar-refractivity contribution in [2.24, 2.45) is 0 Å². The molecule has 0 bridgehead atoms. The summed E-state index contributed by atoms with van der Waals surface area (Å²) < 4.78 is 3.42. The fourth-order valence-corrected chi connectivity index (χ4v) is 3.69. The van der Waals surface area contributed by atoms with Crippen LogP contribution in [0.5, 0.6) is 0 Å². The SMILES string of the molecule is CCN1CCCC(n2c(CCl)nc3cc(Br)ccc32)C1. The number of hydrogen-bond acceptors (Lipinski definition) is 2. The number of piperidine rings is 1. The highest BCUT2D eigenvalue weighted by Crippen LogP contribution is 2.29. The van der Waals surface area contributed by atoms with Gasteiger partial charge in [-0.25, -0.2) is 4.98 Å². The van der Waals surface area contributed by atoms with E-state index in [-0.39, 0.29) is 0 Å². The molecule has 0 saturated carbocycles. The highest BCUT2D eigenvalue weighted by Gasteiger charge is 2.24. The first-order valence-corrected chi connectivity index (χ1v) is 8.50. The maximum Gasteiger partial charge on any atom is 0.125 e. The molecule has 2 heterocycles. The van der Waals surface area contributed by atoms with Gasteiger partial charge in [-0.15, -0.1) is 11.6 Å². The summed E-state index contributed by atoms with van der Waals surface area (Å²) in [6.45, 7) is 5.65. The number of nitrogens with zero attached hydrogens (tertiary/aromatic N) is 3. The van der Waals surface area contributed by atoms with Crippen LogP contribution in [0.15, 0.2) is 22.7 Å². The van der Waals surface area contributed by atoms with Crippen LogP contribution in [0.1, 0.15) is 31.6 Å². The summed E-state index contributed by atoms with van der Waals surface area (Å²) in [6.07, 6.45) is 2.46. The van der Waals surface area contributed by atoms with E-state index in [0.717, 1.165) is 28.9 Å². The predicted molar refractivity (Wildman–Crippen MR) is 87.4 cm³/mol. The standard InChI is InChI=1S/C15H19BrClN3/c1-2-19-7-3-4-12(10-19)20-14-6-5-11(16)8-13(14)18-15(20)9-17/h5-6,8,12H,2-4,7,9-10H2,1H3. The summed E-state index contributed by atoms with van der Waals surface area (Å²) in [5.74, 6) is 1.46. The van der Waals surface area contributed by atoms with Gasteiger partial charge in [-0.2, -0.15) is 0 Å². The lowest BCUT2D eigenvalue weighted by Gasteiger charge is -2.33. The second kappa shape index (κ2) is 6.04. The largest absolute Gasteiger partial charge is 0.323 e. The van der Waals surface area contributed by atoms with Crippen LogP contribution in [0.4, 0.5) is 0 Å². The molecule has 0 radical (unpaired) electrons. The first-order valence-electron chi connectivity index (χ1n) is 7.17. The van der Waals surface area contributed by atoms with E-state index in [0.29, 0.717) is 11.9 Å². The Hall–Kier alpha value is -0.580. The zero-order chi connectivity index (χ0) is 14.1. The van der Waals surface area contributed by atoms with Gasteiger partial charge in [0.15, 0.2) is 0 Å². The van der Waals surface area contributed by atoms with Crippen molar-refractivity contribution in [2.45, 2.75) is 31.7 Å². The molecule has 2 aromatic rings. The lowest BCUT2D eigenvalue weighted by molar-refractivity contribution is 0.186. The number of benzene rings is 1. The van der Waals surface area contributed by atoms with Gasteiger partial charge in [0.1, 0.15) is 5.82 Å². The summed E-state index contributed by atoms with van der Waals surface area (Å²) >= 11 is 9.64. The summed E-state index contributed by atoms with van der Waals surface area (Å²) in [5, 5.41) is 0. The van der Waals surface area contributed by atoms with Crippen molar-refractivity contribution in [2.75, 3.05) is 19.6 Å². The number of rotatable bonds is 3. The van der Waals surface area contributed by atoms with Crippen molar-refractivity contribution < 1.29 is 0 Å². The third-order valence-corrected chi connectivity index (χ3v) is 4.87. The van der Waals surface area contributed by atoms with Crippen LogP contribution in [-0.2, 0) is 5.88 Å². The average Bonchev–Trinajstić information content (AvgIpc) is 2.84. The minimum atomic E-state index is 0.467. The molecule has 108 valence electrons. The van der Waals surface area contributed by atoms with E-state index in [4.69, 9.17) is 16.6 Å². The van der Waals surface area contributed by atoms with Crippen molar-refractivity contribution in [3.63, 3.8) is 0 Å². The van der Waals surface area contributed by atoms with Crippen molar-refractivity contribution in [1.82, 2.24) is 14.5 Å². The topological polar surface area (TPSA) is 21.1 Å². The van der Waals surface area contributed by atoms with Crippen molar-refractivity contribution in [3.8, 4) is 0 Å². The molecular weight excluding hydrogens is 338 g/mol. The van der Waals surface area contributed by atoms with E-state index in [9.17, 15) is 0 Å². The van der Waals surface area contributed by atoms with Gasteiger partial charge >= 0.3 is 0 Å². The van der Waals surface area contributed by atoms with Gasteiger partial charge < -0.3 is 9.47 Å². The highest BCUT2D eigenvalue weighted by molar-refractivity contribution is 9.10. The molecule has 20 heavy (non-hydrogen) atoms. The second-order valence-electron chi connectivity index (χ2n) is 5.35. The fourth-order valence-electron chi connectivity index (χ4n) is 3.15. The van der Waals surface area contributed by atoms with Gasteiger partial charge in [0.2, 0.25) is 0 Å². The summed E-state index contributed by atoms with van der Waals surface area (Å²) in [4.78, 5) is 7.21. The highest BCUT2D eigenvalue weighted by atomic mass is 79.9. The van der Waals surface area contributed by atoms with Crippen molar-refractivity contribution >= 4 is 38.6 Å². The Balaban J connectivity index is 2.04. The van der Waals surface area contributed by atoms with Crippen LogP contribution in [0.25, 0.3) is 11.0 Å². The molecule has 0 spiro atoms. The molecule has 1 aromatic carbocycles. The van der Waals surface area contributed by atoms with Crippen LogP contribution < -0.4 is 0 Å². The first kappa shape index (κ1) is 14.4. The number of hydrogen-bond donors (Lipinski definition) is 0. The normalized spacial score (nSPS) is 20.6. The lowest BCUT2D eigenvalue weighted by Crippen LogP contribution is -2.36. The summed E-state index contributed by atoms with van der Waals surface area (Å²) in [6, 6.07) is 6.79. The minimum absolute atomic E-state index is 0.467. The van der Waals surface area contributed by atoms with Gasteiger partial charge in [-0.3, -0.25) is 0 Å². The molecule has 3 nitrogen and oxygen atoms in total. The van der Waals surface area contributed by atoms with Crippen molar-refractivity contribution in [1.29, 1.82) is 0 Å². The quantitative estimate of drug-likeness (QED) is 0.769. The molecule has 3 rings (SSSR count). The molecule has 0 N–H and O–H groups in total. The Labute approximate surface area is 133 Å². The molecule has 1 saturated heterocycles.